The van der Waals surface area contributed by atoms with E-state index in [0.29, 0.717) is 23.7 Å². The number of hydrogen-bond acceptors (Lipinski definition) is 4. The van der Waals surface area contributed by atoms with Crippen molar-refractivity contribution >= 4 is 34.0 Å². The second-order valence-corrected chi connectivity index (χ2v) is 7.28. The summed E-state index contributed by atoms with van der Waals surface area (Å²) in [4.78, 5) is 25.4. The zero-order valence-electron chi connectivity index (χ0n) is 15.2. The summed E-state index contributed by atoms with van der Waals surface area (Å²) in [6.45, 7) is 1.42. The minimum absolute atomic E-state index is 0.298. The number of carbonyl (C=O) groups is 2. The van der Waals surface area contributed by atoms with E-state index in [2.05, 4.69) is 21.3 Å². The third kappa shape index (κ3) is 2.46. The number of nitrogens with zero attached hydrogens (tertiary/aromatic N) is 1. The van der Waals surface area contributed by atoms with Gasteiger partial charge in [0.2, 0.25) is 0 Å². The van der Waals surface area contributed by atoms with E-state index >= 15 is 0 Å². The Labute approximate surface area is 162 Å². The maximum Gasteiger partial charge on any atom is 0.275 e. The summed E-state index contributed by atoms with van der Waals surface area (Å²) in [5, 5.41) is 6.60. The molecule has 1 unspecified atom stereocenters. The lowest BCUT2D eigenvalue weighted by molar-refractivity contribution is -0.123. The van der Waals surface area contributed by atoms with Crippen molar-refractivity contribution in [3.8, 4) is 0 Å². The molecule has 0 aliphatic carbocycles. The van der Waals surface area contributed by atoms with Gasteiger partial charge in [0, 0.05) is 34.4 Å². The SMILES string of the molecule is NCC1Cc2c(C3=C(Nc4ccccc4)C(=O)NC3=O)c3ccccc3n2C1. The first-order chi connectivity index (χ1) is 13.7. The van der Waals surface area contributed by atoms with Crippen LogP contribution in [0.5, 0.6) is 0 Å². The summed E-state index contributed by atoms with van der Waals surface area (Å²) in [6, 6.07) is 17.4. The monoisotopic (exact) mass is 372 g/mol. The number of aromatic nitrogens is 1. The van der Waals surface area contributed by atoms with E-state index < -0.39 is 5.91 Å². The quantitative estimate of drug-likeness (QED) is 0.613. The van der Waals surface area contributed by atoms with Crippen molar-refractivity contribution in [3.05, 3.63) is 71.6 Å². The van der Waals surface area contributed by atoms with Crippen LogP contribution < -0.4 is 16.4 Å². The first kappa shape index (κ1) is 16.8. The van der Waals surface area contributed by atoms with Crippen LogP contribution in [-0.2, 0) is 22.6 Å². The molecule has 4 N–H and O–H groups in total. The largest absolute Gasteiger partial charge is 0.350 e. The Morgan fingerprint density at radius 2 is 1.79 bits per heavy atom. The number of nitrogens with one attached hydrogen (secondary N) is 2. The molecule has 6 nitrogen and oxygen atoms in total. The van der Waals surface area contributed by atoms with E-state index in [0.717, 1.165) is 40.8 Å². The van der Waals surface area contributed by atoms with Crippen molar-refractivity contribution in [2.45, 2.75) is 13.0 Å². The van der Waals surface area contributed by atoms with Gasteiger partial charge in [-0.3, -0.25) is 14.9 Å². The maximum absolute atomic E-state index is 12.8. The van der Waals surface area contributed by atoms with E-state index in [1.54, 1.807) is 0 Å². The summed E-state index contributed by atoms with van der Waals surface area (Å²) in [5.41, 5.74) is 10.4. The van der Waals surface area contributed by atoms with E-state index in [1.165, 1.54) is 0 Å². The van der Waals surface area contributed by atoms with Crippen LogP contribution in [0.3, 0.4) is 0 Å². The standard InChI is InChI=1S/C22H20N4O2/c23-11-13-10-17-18(15-8-4-5-9-16(15)26(17)12-13)19-20(22(28)25-21(19)27)24-14-6-2-1-3-7-14/h1-9,13H,10-12,23H2,(H2,24,25,27,28). The van der Waals surface area contributed by atoms with E-state index in [4.69, 9.17) is 5.73 Å². The van der Waals surface area contributed by atoms with Crippen LogP contribution >= 0.6 is 0 Å². The smallest absolute Gasteiger partial charge is 0.275 e. The Morgan fingerprint density at radius 3 is 2.57 bits per heavy atom. The predicted octanol–water partition coefficient (Wildman–Crippen LogP) is 2.25. The molecule has 28 heavy (non-hydrogen) atoms. The Kier molecular flexibility index (Phi) is 3.80. The van der Waals surface area contributed by atoms with Crippen LogP contribution in [0.1, 0.15) is 11.3 Å². The van der Waals surface area contributed by atoms with Crippen LogP contribution in [0, 0.1) is 5.92 Å². The zero-order valence-corrected chi connectivity index (χ0v) is 15.2. The molecule has 0 bridgehead atoms. The molecule has 140 valence electrons. The Hall–Kier alpha value is -3.38. The highest BCUT2D eigenvalue weighted by molar-refractivity contribution is 6.38. The van der Waals surface area contributed by atoms with Crippen molar-refractivity contribution in [3.63, 3.8) is 0 Å². The number of imide groups is 1. The first-order valence-electron chi connectivity index (χ1n) is 9.40. The molecule has 2 aliphatic rings. The van der Waals surface area contributed by atoms with Crippen molar-refractivity contribution in [2.24, 2.45) is 11.7 Å². The molecule has 0 radical (unpaired) electrons. The topological polar surface area (TPSA) is 89.2 Å². The minimum atomic E-state index is -0.402. The summed E-state index contributed by atoms with van der Waals surface area (Å²) >= 11 is 0. The van der Waals surface area contributed by atoms with Crippen LogP contribution in [0.4, 0.5) is 5.69 Å². The Morgan fingerprint density at radius 1 is 1.04 bits per heavy atom. The zero-order chi connectivity index (χ0) is 19.3. The normalized spacial score (nSPS) is 18.7. The summed E-state index contributed by atoms with van der Waals surface area (Å²) in [7, 11) is 0. The number of benzene rings is 2. The highest BCUT2D eigenvalue weighted by Crippen LogP contribution is 2.39. The molecule has 2 aromatic carbocycles. The fraction of sp³-hybridized carbons (Fsp3) is 0.182. The predicted molar refractivity (Wildman–Crippen MR) is 108 cm³/mol. The van der Waals surface area contributed by atoms with Crippen molar-refractivity contribution in [1.29, 1.82) is 0 Å². The number of nitrogens with two attached hydrogens (primary N) is 1. The number of para-hydroxylation sites is 2. The Balaban J connectivity index is 1.74. The van der Waals surface area contributed by atoms with Gasteiger partial charge in [-0.25, -0.2) is 0 Å². The van der Waals surface area contributed by atoms with Crippen molar-refractivity contribution in [1.82, 2.24) is 9.88 Å². The fourth-order valence-corrected chi connectivity index (χ4v) is 4.29. The third-order valence-electron chi connectivity index (χ3n) is 5.56. The minimum Gasteiger partial charge on any atom is -0.350 e. The molecular weight excluding hydrogens is 352 g/mol. The second-order valence-electron chi connectivity index (χ2n) is 7.28. The van der Waals surface area contributed by atoms with Crippen LogP contribution in [0.25, 0.3) is 16.5 Å². The molecule has 2 amide bonds. The first-order valence-corrected chi connectivity index (χ1v) is 9.40. The third-order valence-corrected chi connectivity index (χ3v) is 5.56. The van der Waals surface area contributed by atoms with Crippen LogP contribution in [0.2, 0.25) is 0 Å². The van der Waals surface area contributed by atoms with Gasteiger partial charge in [-0.1, -0.05) is 36.4 Å². The molecule has 3 aromatic rings. The maximum atomic E-state index is 12.8. The van der Waals surface area contributed by atoms with Gasteiger partial charge in [0.05, 0.1) is 5.57 Å². The van der Waals surface area contributed by atoms with Gasteiger partial charge in [0.25, 0.3) is 11.8 Å². The molecule has 5 rings (SSSR count). The van der Waals surface area contributed by atoms with Crippen molar-refractivity contribution in [2.75, 3.05) is 11.9 Å². The van der Waals surface area contributed by atoms with Gasteiger partial charge in [-0.2, -0.15) is 0 Å². The highest BCUT2D eigenvalue weighted by Gasteiger charge is 2.37. The number of carbonyl (C=O) groups excluding carboxylic acids is 2. The molecule has 6 heteroatoms. The summed E-state index contributed by atoms with van der Waals surface area (Å²) < 4.78 is 2.24. The summed E-state index contributed by atoms with van der Waals surface area (Å²) in [5.74, 6) is -0.426. The molecular formula is C22H20N4O2. The molecule has 3 heterocycles. The average Bonchev–Trinajstić information content (AvgIpc) is 3.34. The van der Waals surface area contributed by atoms with Gasteiger partial charge in [-0.15, -0.1) is 0 Å². The lowest BCUT2D eigenvalue weighted by atomic mass is 9.96. The van der Waals surface area contributed by atoms with E-state index in [1.807, 2.05) is 48.5 Å². The Bertz CT molecular complexity index is 1140. The molecule has 0 saturated heterocycles. The lowest BCUT2D eigenvalue weighted by Gasteiger charge is -2.09. The number of fused-ring (bicyclic) bond motifs is 3. The van der Waals surface area contributed by atoms with E-state index in [-0.39, 0.29) is 5.91 Å². The van der Waals surface area contributed by atoms with Gasteiger partial charge in [-0.05, 0) is 37.1 Å². The number of rotatable bonds is 4. The molecule has 1 aromatic heterocycles. The molecule has 0 fully saturated rings. The van der Waals surface area contributed by atoms with Gasteiger partial charge in [0.15, 0.2) is 0 Å². The van der Waals surface area contributed by atoms with Gasteiger partial charge < -0.3 is 15.6 Å². The number of hydrogen-bond donors (Lipinski definition) is 3. The molecule has 1 atom stereocenters. The second kappa shape index (κ2) is 6.35. The van der Waals surface area contributed by atoms with Gasteiger partial charge >= 0.3 is 0 Å². The molecule has 0 saturated carbocycles. The average molecular weight is 372 g/mol. The number of amides is 2. The van der Waals surface area contributed by atoms with Gasteiger partial charge in [0.1, 0.15) is 5.70 Å². The lowest BCUT2D eigenvalue weighted by Crippen LogP contribution is -2.24. The molecule has 0 spiro atoms. The summed E-state index contributed by atoms with van der Waals surface area (Å²) in [6.07, 6.45) is 0.796. The van der Waals surface area contributed by atoms with E-state index in [9.17, 15) is 9.59 Å². The molecule has 2 aliphatic heterocycles. The number of anilines is 1. The highest BCUT2D eigenvalue weighted by atomic mass is 16.2. The van der Waals surface area contributed by atoms with Crippen molar-refractivity contribution < 1.29 is 9.59 Å². The van der Waals surface area contributed by atoms with Crippen LogP contribution in [-0.4, -0.2) is 22.9 Å². The fourth-order valence-electron chi connectivity index (χ4n) is 4.29. The van der Waals surface area contributed by atoms with Crippen LogP contribution in [0.15, 0.2) is 60.3 Å².